The Morgan fingerprint density at radius 1 is 1.00 bits per heavy atom. The Bertz CT molecular complexity index is 843. The van der Waals surface area contributed by atoms with Crippen molar-refractivity contribution in [3.63, 3.8) is 0 Å². The number of ether oxygens (including phenoxy) is 1. The summed E-state index contributed by atoms with van der Waals surface area (Å²) in [7, 11) is 0. The van der Waals surface area contributed by atoms with Crippen molar-refractivity contribution in [2.75, 3.05) is 13.1 Å². The smallest absolute Gasteiger partial charge is 0.408 e. The van der Waals surface area contributed by atoms with E-state index in [0.29, 0.717) is 13.0 Å². The van der Waals surface area contributed by atoms with Crippen molar-refractivity contribution in [3.05, 3.63) is 34.9 Å². The van der Waals surface area contributed by atoms with Crippen LogP contribution in [0.15, 0.2) is 18.2 Å². The number of nitrogens with one attached hydrogen (secondary N) is 2. The number of hydrogen-bond donors (Lipinski definition) is 2. The van der Waals surface area contributed by atoms with Gasteiger partial charge < -0.3 is 20.3 Å². The number of carbonyl (C=O) groups is 3. The average molecular weight is 476 g/mol. The van der Waals surface area contributed by atoms with E-state index in [2.05, 4.69) is 17.6 Å². The second kappa shape index (κ2) is 12.8. The van der Waals surface area contributed by atoms with Crippen LogP contribution in [0.25, 0.3) is 0 Å². The van der Waals surface area contributed by atoms with E-state index in [1.165, 1.54) is 0 Å². The van der Waals surface area contributed by atoms with Crippen molar-refractivity contribution in [1.29, 1.82) is 0 Å². The van der Waals surface area contributed by atoms with E-state index in [1.807, 2.05) is 52.8 Å². The molecule has 2 N–H and O–H groups in total. The summed E-state index contributed by atoms with van der Waals surface area (Å²) in [6, 6.07) is 5.09. The minimum absolute atomic E-state index is 0.213. The molecule has 34 heavy (non-hydrogen) atoms. The summed E-state index contributed by atoms with van der Waals surface area (Å²) in [5.41, 5.74) is 1.51. The van der Waals surface area contributed by atoms with Crippen molar-refractivity contribution >= 4 is 17.9 Å². The third kappa shape index (κ3) is 8.99. The molecule has 0 fully saturated rings. The zero-order chi connectivity index (χ0) is 26.1. The highest BCUT2D eigenvalue weighted by molar-refractivity contribution is 5.91. The first-order chi connectivity index (χ1) is 15.7. The van der Waals surface area contributed by atoms with E-state index in [0.717, 1.165) is 36.0 Å². The summed E-state index contributed by atoms with van der Waals surface area (Å²) >= 11 is 0. The van der Waals surface area contributed by atoms with Crippen LogP contribution in [0, 0.1) is 13.8 Å². The van der Waals surface area contributed by atoms with Gasteiger partial charge in [-0.1, -0.05) is 50.5 Å². The Morgan fingerprint density at radius 3 is 2.18 bits per heavy atom. The number of carbonyl (C=O) groups excluding carboxylic acids is 3. The predicted molar refractivity (Wildman–Crippen MR) is 137 cm³/mol. The molecule has 7 heteroatoms. The first kappa shape index (κ1) is 29.5. The topological polar surface area (TPSA) is 87.7 Å². The Hall–Kier alpha value is -2.57. The highest BCUT2D eigenvalue weighted by Crippen LogP contribution is 2.33. The molecule has 1 aromatic carbocycles. The predicted octanol–water partition coefficient (Wildman–Crippen LogP) is 5.19. The minimum atomic E-state index is -0.815. The summed E-state index contributed by atoms with van der Waals surface area (Å²) in [4.78, 5) is 40.9. The lowest BCUT2D eigenvalue weighted by Gasteiger charge is -2.43. The molecule has 1 atom stereocenters. The molecule has 0 aromatic heterocycles. The second-order valence-corrected chi connectivity index (χ2v) is 10.5. The lowest BCUT2D eigenvalue weighted by atomic mass is 9.90. The first-order valence-electron chi connectivity index (χ1n) is 12.4. The molecule has 1 rings (SSSR count). The van der Waals surface area contributed by atoms with Gasteiger partial charge in [0, 0.05) is 12.1 Å². The Balaban J connectivity index is 3.35. The molecule has 0 saturated heterocycles. The molecule has 0 spiro atoms. The quantitative estimate of drug-likeness (QED) is 0.431. The van der Waals surface area contributed by atoms with Crippen molar-refractivity contribution < 1.29 is 19.1 Å². The van der Waals surface area contributed by atoms with E-state index >= 15 is 0 Å². The van der Waals surface area contributed by atoms with Crippen molar-refractivity contribution in [3.8, 4) is 0 Å². The number of hydrogen-bond acceptors (Lipinski definition) is 4. The number of amides is 3. The fraction of sp³-hybridized carbons (Fsp3) is 0.667. The van der Waals surface area contributed by atoms with E-state index < -0.39 is 23.3 Å². The van der Waals surface area contributed by atoms with Crippen LogP contribution in [0.5, 0.6) is 0 Å². The first-order valence-corrected chi connectivity index (χ1v) is 12.4. The summed E-state index contributed by atoms with van der Waals surface area (Å²) < 4.78 is 5.28. The van der Waals surface area contributed by atoms with E-state index in [1.54, 1.807) is 25.7 Å². The maximum atomic E-state index is 13.6. The van der Waals surface area contributed by atoms with Crippen molar-refractivity contribution in [2.45, 2.75) is 105 Å². The zero-order valence-corrected chi connectivity index (χ0v) is 22.6. The van der Waals surface area contributed by atoms with Crippen LogP contribution < -0.4 is 10.6 Å². The normalized spacial score (nSPS) is 12.6. The van der Waals surface area contributed by atoms with E-state index in [-0.39, 0.29) is 18.4 Å². The molecular formula is C27H45N3O4. The molecule has 0 saturated carbocycles. The minimum Gasteiger partial charge on any atom is -0.444 e. The van der Waals surface area contributed by atoms with E-state index in [4.69, 9.17) is 4.74 Å². The second-order valence-electron chi connectivity index (χ2n) is 10.5. The van der Waals surface area contributed by atoms with Crippen molar-refractivity contribution in [2.24, 2.45) is 0 Å². The van der Waals surface area contributed by atoms with Crippen LogP contribution in [0.3, 0.4) is 0 Å². The largest absolute Gasteiger partial charge is 0.444 e. The summed E-state index contributed by atoms with van der Waals surface area (Å²) in [6.07, 6.45) is 2.93. The number of benzene rings is 1. The van der Waals surface area contributed by atoms with Crippen LogP contribution in [-0.2, 0) is 14.3 Å². The third-order valence-corrected chi connectivity index (χ3v) is 5.87. The third-order valence-electron chi connectivity index (χ3n) is 5.87. The molecule has 0 aliphatic heterocycles. The van der Waals surface area contributed by atoms with Crippen LogP contribution >= 0.6 is 0 Å². The molecule has 192 valence electrons. The van der Waals surface area contributed by atoms with Gasteiger partial charge in [0.1, 0.15) is 18.2 Å². The van der Waals surface area contributed by atoms with Crippen molar-refractivity contribution in [1.82, 2.24) is 15.5 Å². The SMILES string of the molecule is CCCCCNC(=O)C(c1ccc(C)cc1C)N(C(=O)CNC(=O)OC(C)(C)C)C(C)(C)CC. The molecule has 1 unspecified atom stereocenters. The molecule has 0 heterocycles. The van der Waals surface area contributed by atoms with Gasteiger partial charge >= 0.3 is 6.09 Å². The molecule has 0 bridgehead atoms. The number of rotatable bonds is 11. The number of aryl methyl sites for hydroxylation is 2. The van der Waals surface area contributed by atoms with Gasteiger partial charge in [-0.25, -0.2) is 4.79 Å². The lowest BCUT2D eigenvalue weighted by molar-refractivity contribution is -0.146. The average Bonchev–Trinajstić information content (AvgIpc) is 2.72. The molecule has 3 amide bonds. The van der Waals surface area contributed by atoms with Gasteiger partial charge in [0.2, 0.25) is 11.8 Å². The van der Waals surface area contributed by atoms with Gasteiger partial charge in [-0.2, -0.15) is 0 Å². The monoisotopic (exact) mass is 475 g/mol. The van der Waals surface area contributed by atoms with E-state index in [9.17, 15) is 14.4 Å². The maximum absolute atomic E-state index is 13.6. The standard InChI is InChI=1S/C27H45N3O4/c1-10-12-13-16-28-24(32)23(21-15-14-19(3)17-20(21)4)30(27(8,9)11-2)22(31)18-29-25(33)34-26(5,6)7/h14-15,17,23H,10-13,16,18H2,1-9H3,(H,28,32)(H,29,33). The highest BCUT2D eigenvalue weighted by Gasteiger charge is 2.40. The van der Waals surface area contributed by atoms with Gasteiger partial charge in [-0.05, 0) is 72.4 Å². The van der Waals surface area contributed by atoms with Crippen LogP contribution in [-0.4, -0.2) is 47.0 Å². The fourth-order valence-corrected chi connectivity index (χ4v) is 3.76. The maximum Gasteiger partial charge on any atom is 0.408 e. The molecule has 7 nitrogen and oxygen atoms in total. The highest BCUT2D eigenvalue weighted by atomic mass is 16.6. The lowest BCUT2D eigenvalue weighted by Crippen LogP contribution is -2.56. The Morgan fingerprint density at radius 2 is 1.65 bits per heavy atom. The van der Waals surface area contributed by atoms with Crippen LogP contribution in [0.2, 0.25) is 0 Å². The Labute approximate surface area is 206 Å². The van der Waals surface area contributed by atoms with Gasteiger partial charge in [-0.3, -0.25) is 9.59 Å². The molecule has 1 aromatic rings. The summed E-state index contributed by atoms with van der Waals surface area (Å²) in [5, 5.41) is 5.60. The fourth-order valence-electron chi connectivity index (χ4n) is 3.76. The Kier molecular flexibility index (Phi) is 11.1. The molecule has 0 aliphatic rings. The summed E-state index contributed by atoms with van der Waals surface area (Å²) in [5.74, 6) is -0.554. The molecule has 0 aliphatic carbocycles. The van der Waals surface area contributed by atoms with Gasteiger partial charge in [-0.15, -0.1) is 0 Å². The number of alkyl carbamates (subject to hydrolysis) is 1. The van der Waals surface area contributed by atoms with Crippen LogP contribution in [0.4, 0.5) is 4.79 Å². The molecular weight excluding hydrogens is 430 g/mol. The zero-order valence-electron chi connectivity index (χ0n) is 22.6. The number of nitrogens with zero attached hydrogens (tertiary/aromatic N) is 1. The van der Waals surface area contributed by atoms with Gasteiger partial charge in [0.25, 0.3) is 0 Å². The summed E-state index contributed by atoms with van der Waals surface area (Å²) in [6.45, 7) is 17.5. The molecule has 0 radical (unpaired) electrons. The van der Waals surface area contributed by atoms with Gasteiger partial charge in [0.05, 0.1) is 0 Å². The van der Waals surface area contributed by atoms with Gasteiger partial charge in [0.15, 0.2) is 0 Å². The van der Waals surface area contributed by atoms with Crippen LogP contribution in [0.1, 0.15) is 96.9 Å². The number of unbranched alkanes of at least 4 members (excludes halogenated alkanes) is 2.